The molecule has 0 radical (unpaired) electrons. The van der Waals surface area contributed by atoms with Crippen LogP contribution in [0.3, 0.4) is 0 Å². The number of allylic oxidation sites excluding steroid dienone is 3. The highest BCUT2D eigenvalue weighted by Gasteiger charge is 2.34. The first-order valence-electron chi connectivity index (χ1n) is 8.03. The molecule has 21 heavy (non-hydrogen) atoms. The third-order valence-electron chi connectivity index (χ3n) is 3.63. The molecule has 0 bridgehead atoms. The summed E-state index contributed by atoms with van der Waals surface area (Å²) in [5.74, 6) is 0. The van der Waals surface area contributed by atoms with Crippen LogP contribution in [0.5, 0.6) is 0 Å². The van der Waals surface area contributed by atoms with Crippen LogP contribution in [0, 0.1) is 0 Å². The first-order valence-corrected chi connectivity index (χ1v) is 8.03. The van der Waals surface area contributed by atoms with Crippen molar-refractivity contribution < 1.29 is 0 Å². The van der Waals surface area contributed by atoms with E-state index in [9.17, 15) is 0 Å². The summed E-state index contributed by atoms with van der Waals surface area (Å²) in [7, 11) is 0. The summed E-state index contributed by atoms with van der Waals surface area (Å²) in [5.41, 5.74) is 3.10. The van der Waals surface area contributed by atoms with Crippen molar-refractivity contribution in [1.29, 1.82) is 0 Å². The molecule has 0 aliphatic carbocycles. The minimum Gasteiger partial charge on any atom is -0.380 e. The zero-order chi connectivity index (χ0) is 16.5. The lowest BCUT2D eigenvalue weighted by molar-refractivity contribution is 0.130. The van der Waals surface area contributed by atoms with Crippen molar-refractivity contribution >= 4 is 0 Å². The van der Waals surface area contributed by atoms with Crippen LogP contribution < -0.4 is 16.0 Å². The molecule has 3 N–H and O–H groups in total. The van der Waals surface area contributed by atoms with Crippen molar-refractivity contribution in [2.75, 3.05) is 0 Å². The third-order valence-corrected chi connectivity index (χ3v) is 3.63. The molecule has 2 heterocycles. The lowest BCUT2D eigenvalue weighted by atomic mass is 9.90. The van der Waals surface area contributed by atoms with Crippen molar-refractivity contribution in [3.8, 4) is 0 Å². The summed E-state index contributed by atoms with van der Waals surface area (Å²) in [6, 6.07) is 0.612. The fraction of sp³-hybridized carbons (Fsp3) is 0.778. The van der Waals surface area contributed by atoms with E-state index < -0.39 is 0 Å². The maximum atomic E-state index is 3.55. The Morgan fingerprint density at radius 1 is 1.05 bits per heavy atom. The van der Waals surface area contributed by atoms with Crippen molar-refractivity contribution in [2.24, 2.45) is 0 Å². The van der Waals surface area contributed by atoms with Gasteiger partial charge in [-0.05, 0) is 74.8 Å². The molecule has 1 unspecified atom stereocenters. The number of rotatable bonds is 0. The molecule has 0 saturated carbocycles. The lowest BCUT2D eigenvalue weighted by Gasteiger charge is -2.46. The van der Waals surface area contributed by atoms with Crippen LogP contribution in [-0.4, -0.2) is 22.8 Å². The Morgan fingerprint density at radius 2 is 1.62 bits per heavy atom. The second kappa shape index (κ2) is 6.13. The monoisotopic (exact) mass is 293 g/mol. The first-order chi connectivity index (χ1) is 9.30. The number of hydrogen-bond acceptors (Lipinski definition) is 3. The maximum absolute atomic E-state index is 3.55. The molecular weight excluding hydrogens is 258 g/mol. The molecule has 2 rings (SSSR count). The van der Waals surface area contributed by atoms with Gasteiger partial charge in [0, 0.05) is 17.3 Å². The van der Waals surface area contributed by atoms with Crippen LogP contribution >= 0.6 is 0 Å². The van der Waals surface area contributed by atoms with Gasteiger partial charge in [0.15, 0.2) is 0 Å². The molecule has 3 heteroatoms. The molecule has 0 spiro atoms. The molecule has 2 aliphatic heterocycles. The van der Waals surface area contributed by atoms with E-state index in [1.54, 1.807) is 0 Å². The van der Waals surface area contributed by atoms with Gasteiger partial charge in [-0.2, -0.15) is 0 Å². The van der Waals surface area contributed by atoms with E-state index in [2.05, 4.69) is 90.4 Å². The predicted octanol–water partition coefficient (Wildman–Crippen LogP) is 3.69. The zero-order valence-corrected chi connectivity index (χ0v) is 15.4. The molecule has 0 aromatic rings. The van der Waals surface area contributed by atoms with Gasteiger partial charge in [-0.15, -0.1) is 0 Å². The molecule has 0 amide bonds. The Bertz CT molecular complexity index is 412. The van der Waals surface area contributed by atoms with Gasteiger partial charge >= 0.3 is 0 Å². The summed E-state index contributed by atoms with van der Waals surface area (Å²) in [6.07, 6.45) is 5.58. The topological polar surface area (TPSA) is 36.1 Å². The van der Waals surface area contributed by atoms with Gasteiger partial charge in [-0.25, -0.2) is 0 Å². The van der Waals surface area contributed by atoms with Crippen LogP contribution in [0.4, 0.5) is 0 Å². The highest BCUT2D eigenvalue weighted by Crippen LogP contribution is 2.21. The quantitative estimate of drug-likeness (QED) is 0.637. The van der Waals surface area contributed by atoms with Gasteiger partial charge in [0.1, 0.15) is 0 Å². The van der Waals surface area contributed by atoms with Gasteiger partial charge in [0.2, 0.25) is 0 Å². The average molecular weight is 293 g/mol. The van der Waals surface area contributed by atoms with Gasteiger partial charge in [0.25, 0.3) is 0 Å². The van der Waals surface area contributed by atoms with Gasteiger partial charge < -0.3 is 5.32 Å². The molecule has 1 saturated heterocycles. The fourth-order valence-electron chi connectivity index (χ4n) is 3.90. The summed E-state index contributed by atoms with van der Waals surface area (Å²) in [5, 5.41) is 10.4. The van der Waals surface area contributed by atoms with Crippen LogP contribution in [0.2, 0.25) is 0 Å². The van der Waals surface area contributed by atoms with E-state index >= 15 is 0 Å². The molecule has 2 aliphatic rings. The Morgan fingerprint density at radius 3 is 2.00 bits per heavy atom. The largest absolute Gasteiger partial charge is 0.380 e. The van der Waals surface area contributed by atoms with Crippen molar-refractivity contribution in [3.05, 3.63) is 23.4 Å². The van der Waals surface area contributed by atoms with E-state index in [4.69, 9.17) is 0 Å². The van der Waals surface area contributed by atoms with Crippen molar-refractivity contribution in [2.45, 2.75) is 91.5 Å². The lowest BCUT2D eigenvalue weighted by Crippen LogP contribution is -2.67. The molecule has 1 fully saturated rings. The second-order valence-electron chi connectivity index (χ2n) is 8.45. The van der Waals surface area contributed by atoms with Crippen LogP contribution in [0.1, 0.15) is 68.7 Å². The van der Waals surface area contributed by atoms with E-state index in [0.29, 0.717) is 6.04 Å². The van der Waals surface area contributed by atoms with E-state index in [0.717, 1.165) is 0 Å². The molecule has 0 aromatic carbocycles. The molecule has 3 nitrogen and oxygen atoms in total. The van der Waals surface area contributed by atoms with Crippen LogP contribution in [0.25, 0.3) is 0 Å². The van der Waals surface area contributed by atoms with Gasteiger partial charge in [-0.3, -0.25) is 10.6 Å². The maximum Gasteiger partial charge on any atom is 0.0635 e. The summed E-state index contributed by atoms with van der Waals surface area (Å²) in [4.78, 5) is 0. The zero-order valence-electron chi connectivity index (χ0n) is 15.4. The van der Waals surface area contributed by atoms with Crippen LogP contribution in [-0.2, 0) is 0 Å². The molecular formula is C18H35N3. The minimum atomic E-state index is 0.0845. The van der Waals surface area contributed by atoms with E-state index in [1.807, 2.05) is 0 Å². The smallest absolute Gasteiger partial charge is 0.0635 e. The Labute approximate surface area is 131 Å². The second-order valence-corrected chi connectivity index (χ2v) is 8.45. The normalized spacial score (nSPS) is 29.3. The number of hydrogen-bond donors (Lipinski definition) is 3. The first kappa shape index (κ1) is 18.2. The average Bonchev–Trinajstić information content (AvgIpc) is 2.05. The van der Waals surface area contributed by atoms with Crippen LogP contribution in [0.15, 0.2) is 23.4 Å². The minimum absolute atomic E-state index is 0.0845. The SMILES string of the molecule is CC1=CC(C)(C)NC(C)=C1.CC1CC(C)(C)NC(C)(C)N1. The molecule has 1 atom stereocenters. The number of dihydropyridines is 1. The Balaban J connectivity index is 0.000000211. The standard InChI is InChI=1S/C9H20N2.C9H15N/c1-7-6-8(2,3)11-9(4,5)10-7;1-7-5-8(2)10-9(3,4)6-7/h7,10-11H,6H2,1-5H3;5-6,10H,1-4H3. The van der Waals surface area contributed by atoms with E-state index in [-0.39, 0.29) is 16.7 Å². The summed E-state index contributed by atoms with van der Waals surface area (Å²) >= 11 is 0. The highest BCUT2D eigenvalue weighted by molar-refractivity contribution is 5.29. The molecule has 122 valence electrons. The third kappa shape index (κ3) is 6.66. The Hall–Kier alpha value is -0.800. The molecule has 0 aromatic heterocycles. The summed E-state index contributed by atoms with van der Waals surface area (Å²) in [6.45, 7) is 19.7. The van der Waals surface area contributed by atoms with Gasteiger partial charge in [0.05, 0.1) is 11.2 Å². The number of nitrogens with one attached hydrogen (secondary N) is 3. The van der Waals surface area contributed by atoms with E-state index in [1.165, 1.54) is 17.7 Å². The Kier molecular flexibility index (Phi) is 5.33. The highest BCUT2D eigenvalue weighted by atomic mass is 15.2. The van der Waals surface area contributed by atoms with Gasteiger partial charge in [-0.1, -0.05) is 11.6 Å². The predicted molar refractivity (Wildman–Crippen MR) is 93.2 cm³/mol. The van der Waals surface area contributed by atoms with Crippen molar-refractivity contribution in [3.63, 3.8) is 0 Å². The van der Waals surface area contributed by atoms with Crippen molar-refractivity contribution in [1.82, 2.24) is 16.0 Å². The summed E-state index contributed by atoms with van der Waals surface area (Å²) < 4.78 is 0. The fourth-order valence-corrected chi connectivity index (χ4v) is 3.90.